The molecule has 1 saturated carbocycles. The molecule has 1 aliphatic carbocycles. The number of carbonyl (C=O) groups excluding carboxylic acids is 1. The maximum absolute atomic E-state index is 12.7. The summed E-state index contributed by atoms with van der Waals surface area (Å²) in [5, 5.41) is 0. The number of nitrogens with zero attached hydrogens (tertiary/aromatic N) is 3. The van der Waals surface area contributed by atoms with Crippen molar-refractivity contribution in [2.24, 2.45) is 0 Å². The Bertz CT molecular complexity index is 891. The van der Waals surface area contributed by atoms with Gasteiger partial charge in [0.1, 0.15) is 12.4 Å². The van der Waals surface area contributed by atoms with E-state index in [0.717, 1.165) is 16.9 Å². The summed E-state index contributed by atoms with van der Waals surface area (Å²) in [6.07, 6.45) is 2.36. The number of amides is 1. The van der Waals surface area contributed by atoms with Gasteiger partial charge in [0, 0.05) is 22.7 Å². The first-order valence-electron chi connectivity index (χ1n) is 8.36. The lowest BCUT2D eigenvalue weighted by Gasteiger charge is -2.18. The van der Waals surface area contributed by atoms with Crippen LogP contribution in [0.1, 0.15) is 34.3 Å². The van der Waals surface area contributed by atoms with Crippen molar-refractivity contribution in [1.29, 1.82) is 0 Å². The van der Waals surface area contributed by atoms with Gasteiger partial charge in [-0.15, -0.1) is 11.3 Å². The fraction of sp³-hybridized carbons (Fsp3) is 0.368. The average Bonchev–Trinajstić information content (AvgIpc) is 3.25. The van der Waals surface area contributed by atoms with Crippen LogP contribution in [0.25, 0.3) is 11.0 Å². The molecule has 2 aromatic heterocycles. The van der Waals surface area contributed by atoms with Crippen LogP contribution in [0.15, 0.2) is 36.4 Å². The number of benzene rings is 1. The molecular formula is C19H21N3OS. The lowest BCUT2D eigenvalue weighted by Crippen LogP contribution is -2.30. The lowest BCUT2D eigenvalue weighted by molar-refractivity contribution is -0.131. The Balaban J connectivity index is 1.56. The molecule has 0 unspecified atom stereocenters. The number of rotatable bonds is 5. The first kappa shape index (κ1) is 15.4. The van der Waals surface area contributed by atoms with Gasteiger partial charge in [-0.05, 0) is 44.0 Å². The maximum atomic E-state index is 12.7. The summed E-state index contributed by atoms with van der Waals surface area (Å²) < 4.78 is 2.12. The molecule has 0 N–H and O–H groups in total. The van der Waals surface area contributed by atoms with Crippen LogP contribution in [0.3, 0.4) is 0 Å². The highest BCUT2D eigenvalue weighted by Gasteiger charge is 2.30. The number of imidazole rings is 1. The monoisotopic (exact) mass is 339 g/mol. The minimum Gasteiger partial charge on any atom is -0.339 e. The molecule has 3 aromatic rings. The van der Waals surface area contributed by atoms with Crippen LogP contribution >= 0.6 is 11.3 Å². The molecule has 0 spiro atoms. The number of fused-ring (bicyclic) bond motifs is 1. The van der Waals surface area contributed by atoms with E-state index >= 15 is 0 Å². The lowest BCUT2D eigenvalue weighted by atomic mass is 10.3. The van der Waals surface area contributed by atoms with Crippen LogP contribution < -0.4 is 0 Å². The smallest absolute Gasteiger partial charge is 0.242 e. The molecule has 2 heterocycles. The van der Waals surface area contributed by atoms with Crippen molar-refractivity contribution in [3.8, 4) is 0 Å². The molecule has 0 radical (unpaired) electrons. The minimum absolute atomic E-state index is 0.131. The van der Waals surface area contributed by atoms with Crippen LogP contribution in [-0.4, -0.2) is 27.4 Å². The van der Waals surface area contributed by atoms with Gasteiger partial charge in [0.25, 0.3) is 0 Å². The predicted octanol–water partition coefficient (Wildman–Crippen LogP) is 3.94. The second kappa shape index (κ2) is 6.06. The highest BCUT2D eigenvalue weighted by atomic mass is 32.1. The molecule has 0 bridgehead atoms. The van der Waals surface area contributed by atoms with E-state index in [0.29, 0.717) is 19.0 Å². The molecule has 0 saturated heterocycles. The fourth-order valence-corrected chi connectivity index (χ4v) is 4.01. The van der Waals surface area contributed by atoms with Crippen LogP contribution in [-0.2, 0) is 17.9 Å². The number of likely N-dealkylation sites (N-methyl/N-ethyl adjacent to an activating group) is 1. The Labute approximate surface area is 145 Å². The quantitative estimate of drug-likeness (QED) is 0.706. The van der Waals surface area contributed by atoms with Crippen LogP contribution in [0.5, 0.6) is 0 Å². The first-order valence-corrected chi connectivity index (χ1v) is 9.18. The van der Waals surface area contributed by atoms with Crippen LogP contribution in [0.2, 0.25) is 0 Å². The van der Waals surface area contributed by atoms with Gasteiger partial charge < -0.3 is 9.47 Å². The second-order valence-electron chi connectivity index (χ2n) is 6.58. The van der Waals surface area contributed by atoms with E-state index in [1.807, 2.05) is 30.1 Å². The minimum atomic E-state index is 0.131. The number of hydrogen-bond donors (Lipinski definition) is 0. The molecule has 124 valence electrons. The number of aryl methyl sites for hydroxylation is 1. The van der Waals surface area contributed by atoms with Gasteiger partial charge in [0.2, 0.25) is 5.91 Å². The summed E-state index contributed by atoms with van der Waals surface area (Å²) in [7, 11) is 1.88. The number of aromatic nitrogens is 2. The number of para-hydroxylation sites is 2. The molecule has 1 amide bonds. The highest BCUT2D eigenvalue weighted by Crippen LogP contribution is 2.40. The Morgan fingerprint density at radius 1 is 1.29 bits per heavy atom. The van der Waals surface area contributed by atoms with E-state index in [9.17, 15) is 4.79 Å². The average molecular weight is 339 g/mol. The SMILES string of the molecule is Cc1ccc(CN(C)C(=O)Cn2c(C3CC3)nc3ccccc32)s1. The van der Waals surface area contributed by atoms with Gasteiger partial charge in [0.05, 0.1) is 17.6 Å². The molecule has 1 fully saturated rings. The van der Waals surface area contributed by atoms with E-state index < -0.39 is 0 Å². The zero-order chi connectivity index (χ0) is 16.7. The third-order valence-corrected chi connectivity index (χ3v) is 5.52. The van der Waals surface area contributed by atoms with Crippen LogP contribution in [0.4, 0.5) is 0 Å². The molecule has 1 aromatic carbocycles. The molecule has 5 heteroatoms. The van der Waals surface area contributed by atoms with E-state index in [2.05, 4.69) is 29.7 Å². The molecule has 4 nitrogen and oxygen atoms in total. The number of thiophene rings is 1. The number of carbonyl (C=O) groups is 1. The van der Waals surface area contributed by atoms with Gasteiger partial charge in [0.15, 0.2) is 0 Å². The summed E-state index contributed by atoms with van der Waals surface area (Å²) in [5.41, 5.74) is 2.05. The van der Waals surface area contributed by atoms with Gasteiger partial charge in [-0.1, -0.05) is 12.1 Å². The molecule has 0 aliphatic heterocycles. The molecular weight excluding hydrogens is 318 g/mol. The summed E-state index contributed by atoms with van der Waals surface area (Å²) in [5.74, 6) is 1.73. The summed E-state index contributed by atoms with van der Waals surface area (Å²) in [6.45, 7) is 3.13. The van der Waals surface area contributed by atoms with E-state index in [4.69, 9.17) is 4.98 Å². The van der Waals surface area contributed by atoms with E-state index in [-0.39, 0.29) is 5.91 Å². The van der Waals surface area contributed by atoms with E-state index in [1.165, 1.54) is 22.6 Å². The van der Waals surface area contributed by atoms with Crippen molar-refractivity contribution in [3.05, 3.63) is 52.0 Å². The first-order chi connectivity index (χ1) is 11.6. The summed E-state index contributed by atoms with van der Waals surface area (Å²) in [6, 6.07) is 12.3. The van der Waals surface area contributed by atoms with Crippen molar-refractivity contribution in [2.45, 2.75) is 38.8 Å². The summed E-state index contributed by atoms with van der Waals surface area (Å²) >= 11 is 1.75. The van der Waals surface area contributed by atoms with Crippen molar-refractivity contribution in [2.75, 3.05) is 7.05 Å². The Kier molecular flexibility index (Phi) is 3.88. The van der Waals surface area contributed by atoms with Gasteiger partial charge in [-0.2, -0.15) is 0 Å². The Morgan fingerprint density at radius 3 is 2.79 bits per heavy atom. The van der Waals surface area contributed by atoms with Gasteiger partial charge in [-0.3, -0.25) is 4.79 Å². The van der Waals surface area contributed by atoms with Crippen molar-refractivity contribution in [3.63, 3.8) is 0 Å². The standard InChI is InChI=1S/C19H21N3OS/c1-13-7-10-15(24-13)11-21(2)18(23)12-22-17-6-4-3-5-16(17)20-19(22)14-8-9-14/h3-7,10,14H,8-9,11-12H2,1-2H3. The second-order valence-corrected chi connectivity index (χ2v) is 7.95. The molecule has 1 aliphatic rings. The molecule has 0 atom stereocenters. The fourth-order valence-electron chi connectivity index (χ4n) is 3.06. The summed E-state index contributed by atoms with van der Waals surface area (Å²) in [4.78, 5) is 21.8. The van der Waals surface area contributed by atoms with Crippen LogP contribution in [0, 0.1) is 6.92 Å². The van der Waals surface area contributed by atoms with Gasteiger partial charge >= 0.3 is 0 Å². The van der Waals surface area contributed by atoms with Crippen molar-refractivity contribution >= 4 is 28.3 Å². The normalized spacial score (nSPS) is 14.2. The van der Waals surface area contributed by atoms with E-state index in [1.54, 1.807) is 11.3 Å². The zero-order valence-corrected chi connectivity index (χ0v) is 14.8. The maximum Gasteiger partial charge on any atom is 0.242 e. The predicted molar refractivity (Wildman–Crippen MR) is 97.2 cm³/mol. The molecule has 4 rings (SSSR count). The topological polar surface area (TPSA) is 38.1 Å². The zero-order valence-electron chi connectivity index (χ0n) is 14.0. The third-order valence-electron chi connectivity index (χ3n) is 4.53. The van der Waals surface area contributed by atoms with Crippen molar-refractivity contribution in [1.82, 2.24) is 14.5 Å². The largest absolute Gasteiger partial charge is 0.339 e. The van der Waals surface area contributed by atoms with Crippen molar-refractivity contribution < 1.29 is 4.79 Å². The Morgan fingerprint density at radius 2 is 2.08 bits per heavy atom. The van der Waals surface area contributed by atoms with Gasteiger partial charge in [-0.25, -0.2) is 4.98 Å². The highest BCUT2D eigenvalue weighted by molar-refractivity contribution is 7.11. The third kappa shape index (κ3) is 2.96. The number of hydrogen-bond acceptors (Lipinski definition) is 3. The Hall–Kier alpha value is -2.14. The molecule has 24 heavy (non-hydrogen) atoms.